The molecule has 5 nitrogen and oxygen atoms in total. The van der Waals surface area contributed by atoms with Gasteiger partial charge in [-0.05, 0) is 56.3 Å². The molecule has 0 fully saturated rings. The van der Waals surface area contributed by atoms with Gasteiger partial charge < -0.3 is 4.74 Å². The molecule has 0 aliphatic carbocycles. The number of methoxy groups -OCH3 is 1. The number of thioether (sulfide) groups is 1. The van der Waals surface area contributed by atoms with E-state index in [1.54, 1.807) is 37.3 Å². The summed E-state index contributed by atoms with van der Waals surface area (Å²) in [6.45, 7) is 3.16. The Morgan fingerprint density at radius 2 is 1.83 bits per heavy atom. The van der Waals surface area contributed by atoms with E-state index >= 15 is 0 Å². The van der Waals surface area contributed by atoms with Crippen molar-refractivity contribution in [3.05, 3.63) is 54.1 Å². The summed E-state index contributed by atoms with van der Waals surface area (Å²) in [5.41, 5.74) is 0.131. The van der Waals surface area contributed by atoms with Gasteiger partial charge in [0.05, 0.1) is 23.6 Å². The quantitative estimate of drug-likeness (QED) is 0.523. The van der Waals surface area contributed by atoms with Gasteiger partial charge in [0, 0.05) is 5.56 Å². The molecule has 9 heteroatoms. The van der Waals surface area contributed by atoms with Crippen molar-refractivity contribution in [3.8, 4) is 22.8 Å². The van der Waals surface area contributed by atoms with E-state index in [0.717, 1.165) is 23.9 Å². The molecule has 0 bridgehead atoms. The molecule has 0 aliphatic heterocycles. The van der Waals surface area contributed by atoms with Gasteiger partial charge in [0.25, 0.3) is 0 Å². The topological polar surface area (TPSA) is 57.0 Å². The molecule has 152 valence electrons. The van der Waals surface area contributed by atoms with Gasteiger partial charge in [-0.3, -0.25) is 9.36 Å². The first-order valence-electron chi connectivity index (χ1n) is 8.65. The minimum Gasteiger partial charge on any atom is -0.497 e. The highest BCUT2D eigenvalue weighted by atomic mass is 32.2. The van der Waals surface area contributed by atoms with Gasteiger partial charge in [0.15, 0.2) is 11.0 Å². The van der Waals surface area contributed by atoms with Gasteiger partial charge in [-0.1, -0.05) is 17.8 Å². The van der Waals surface area contributed by atoms with E-state index in [9.17, 15) is 18.0 Å². The van der Waals surface area contributed by atoms with Crippen LogP contribution in [0, 0.1) is 0 Å². The van der Waals surface area contributed by atoms with Crippen LogP contribution < -0.4 is 4.74 Å². The molecule has 0 saturated carbocycles. The largest absolute Gasteiger partial charge is 0.497 e. The number of ether oxygens (including phenoxy) is 1. The molecule has 0 radical (unpaired) electrons. The van der Waals surface area contributed by atoms with Crippen LogP contribution in [0.3, 0.4) is 0 Å². The molecule has 3 aromatic rings. The van der Waals surface area contributed by atoms with Crippen molar-refractivity contribution in [1.29, 1.82) is 0 Å². The summed E-state index contributed by atoms with van der Waals surface area (Å²) in [6, 6.07) is 11.9. The van der Waals surface area contributed by atoms with Gasteiger partial charge in [-0.2, -0.15) is 13.2 Å². The average molecular weight is 421 g/mol. The van der Waals surface area contributed by atoms with Crippen LogP contribution in [0.15, 0.2) is 53.7 Å². The zero-order chi connectivity index (χ0) is 21.2. The number of hydrogen-bond donors (Lipinski definition) is 0. The van der Waals surface area contributed by atoms with Crippen LogP contribution in [0.1, 0.15) is 19.4 Å². The van der Waals surface area contributed by atoms with Gasteiger partial charge >= 0.3 is 6.18 Å². The van der Waals surface area contributed by atoms with Gasteiger partial charge in [-0.15, -0.1) is 10.2 Å². The first-order valence-corrected chi connectivity index (χ1v) is 9.53. The van der Waals surface area contributed by atoms with Crippen molar-refractivity contribution in [3.63, 3.8) is 0 Å². The second-order valence-electron chi connectivity index (χ2n) is 6.29. The zero-order valence-electron chi connectivity index (χ0n) is 15.9. The minimum absolute atomic E-state index is 0.0698. The Labute approximate surface area is 169 Å². The summed E-state index contributed by atoms with van der Waals surface area (Å²) in [7, 11) is 1.54. The molecule has 0 aliphatic rings. The fourth-order valence-electron chi connectivity index (χ4n) is 2.57. The van der Waals surface area contributed by atoms with Crippen LogP contribution in [0.25, 0.3) is 17.1 Å². The molecule has 1 atom stereocenters. The lowest BCUT2D eigenvalue weighted by Crippen LogP contribution is -2.11. The SMILES string of the molecule is COc1ccc(-c2nnc(SC(C)C(C)=O)n2-c2cccc(C(F)(F)F)c2)cc1. The highest BCUT2D eigenvalue weighted by molar-refractivity contribution is 8.00. The number of alkyl halides is 3. The second-order valence-corrected chi connectivity index (χ2v) is 7.60. The second kappa shape index (κ2) is 8.28. The van der Waals surface area contributed by atoms with Crippen LogP contribution in [0.4, 0.5) is 13.2 Å². The summed E-state index contributed by atoms with van der Waals surface area (Å²) in [4.78, 5) is 11.7. The number of rotatable bonds is 6. The number of Topliss-reactive ketones (excluding diaryl/α,β-unsaturated/α-hetero) is 1. The van der Waals surface area contributed by atoms with Gasteiger partial charge in [0.1, 0.15) is 11.5 Å². The number of carbonyl (C=O) groups excluding carboxylic acids is 1. The lowest BCUT2D eigenvalue weighted by atomic mass is 10.1. The first kappa shape index (κ1) is 20.9. The van der Waals surface area contributed by atoms with E-state index in [1.165, 1.54) is 24.7 Å². The van der Waals surface area contributed by atoms with Crippen molar-refractivity contribution in [2.24, 2.45) is 0 Å². The van der Waals surface area contributed by atoms with E-state index in [0.29, 0.717) is 22.3 Å². The Kier molecular flexibility index (Phi) is 5.97. The van der Waals surface area contributed by atoms with Crippen LogP contribution in [-0.4, -0.2) is 32.9 Å². The maximum Gasteiger partial charge on any atom is 0.416 e. The van der Waals surface area contributed by atoms with Crippen molar-refractivity contribution < 1.29 is 22.7 Å². The van der Waals surface area contributed by atoms with Crippen molar-refractivity contribution in [2.45, 2.75) is 30.4 Å². The molecule has 29 heavy (non-hydrogen) atoms. The van der Waals surface area contributed by atoms with E-state index < -0.39 is 17.0 Å². The molecule has 1 aromatic heterocycles. The van der Waals surface area contributed by atoms with Crippen molar-refractivity contribution in [1.82, 2.24) is 14.8 Å². The summed E-state index contributed by atoms with van der Waals surface area (Å²) >= 11 is 1.14. The maximum atomic E-state index is 13.2. The fourth-order valence-corrected chi connectivity index (χ4v) is 3.44. The Morgan fingerprint density at radius 1 is 1.14 bits per heavy atom. The summed E-state index contributed by atoms with van der Waals surface area (Å²) in [6.07, 6.45) is -4.48. The molecular formula is C20H18F3N3O2S. The molecule has 0 amide bonds. The predicted octanol–water partition coefficient (Wildman–Crippen LogP) is 5.03. The first-order chi connectivity index (χ1) is 13.7. The number of ketones is 1. The Morgan fingerprint density at radius 3 is 2.41 bits per heavy atom. The molecule has 1 unspecified atom stereocenters. The third-order valence-corrected chi connectivity index (χ3v) is 5.43. The normalized spacial score (nSPS) is 12.6. The van der Waals surface area contributed by atoms with Crippen LogP contribution in [-0.2, 0) is 11.0 Å². The number of carbonyl (C=O) groups is 1. The van der Waals surface area contributed by atoms with Crippen molar-refractivity contribution in [2.75, 3.05) is 7.11 Å². The van der Waals surface area contributed by atoms with Gasteiger partial charge in [0.2, 0.25) is 0 Å². The van der Waals surface area contributed by atoms with Crippen LogP contribution >= 0.6 is 11.8 Å². The highest BCUT2D eigenvalue weighted by Crippen LogP contribution is 2.34. The molecule has 1 heterocycles. The molecule has 0 spiro atoms. The highest BCUT2D eigenvalue weighted by Gasteiger charge is 2.31. The third kappa shape index (κ3) is 4.61. The Hall–Kier alpha value is -2.81. The molecule has 0 saturated heterocycles. The minimum atomic E-state index is -4.48. The number of halogens is 3. The van der Waals surface area contributed by atoms with Crippen LogP contribution in [0.2, 0.25) is 0 Å². The van der Waals surface area contributed by atoms with Crippen LogP contribution in [0.5, 0.6) is 5.75 Å². The summed E-state index contributed by atoms with van der Waals surface area (Å²) in [5.74, 6) is 0.934. The standard InChI is InChI=1S/C20H18F3N3O2S/c1-12(27)13(2)29-19-25-24-18(14-7-9-17(28-3)10-8-14)26(19)16-6-4-5-15(11-16)20(21,22)23/h4-11,13H,1-3H3. The summed E-state index contributed by atoms with van der Waals surface area (Å²) < 4.78 is 46.4. The molecular weight excluding hydrogens is 403 g/mol. The Bertz CT molecular complexity index is 1020. The lowest BCUT2D eigenvalue weighted by molar-refractivity contribution is -0.137. The third-order valence-electron chi connectivity index (χ3n) is 4.27. The number of aromatic nitrogens is 3. The average Bonchev–Trinajstić information content (AvgIpc) is 3.11. The number of benzene rings is 2. The van der Waals surface area contributed by atoms with Crippen molar-refractivity contribution >= 4 is 17.5 Å². The zero-order valence-corrected chi connectivity index (χ0v) is 16.7. The number of hydrogen-bond acceptors (Lipinski definition) is 5. The monoisotopic (exact) mass is 421 g/mol. The smallest absolute Gasteiger partial charge is 0.416 e. The van der Waals surface area contributed by atoms with E-state index in [4.69, 9.17) is 4.74 Å². The number of nitrogens with zero attached hydrogens (tertiary/aromatic N) is 3. The Balaban J connectivity index is 2.15. The molecule has 0 N–H and O–H groups in total. The maximum absolute atomic E-state index is 13.2. The van der Waals surface area contributed by atoms with Gasteiger partial charge in [-0.25, -0.2) is 0 Å². The molecule has 3 rings (SSSR count). The molecule has 2 aromatic carbocycles. The van der Waals surface area contributed by atoms with E-state index in [-0.39, 0.29) is 11.5 Å². The van der Waals surface area contributed by atoms with E-state index in [1.807, 2.05) is 0 Å². The lowest BCUT2D eigenvalue weighted by Gasteiger charge is -2.14. The van der Waals surface area contributed by atoms with E-state index in [2.05, 4.69) is 10.2 Å². The summed E-state index contributed by atoms with van der Waals surface area (Å²) in [5, 5.41) is 8.23. The predicted molar refractivity (Wildman–Crippen MR) is 104 cm³/mol. The fraction of sp³-hybridized carbons (Fsp3) is 0.250.